The minimum atomic E-state index is -0.271. The average Bonchev–Trinajstić information content (AvgIpc) is 3.05. The maximum Gasteiger partial charge on any atom is 0.180 e. The first-order chi connectivity index (χ1) is 14.4. The van der Waals surface area contributed by atoms with Crippen molar-refractivity contribution < 1.29 is 9.18 Å². The molecule has 1 aromatic heterocycles. The molecule has 6 heteroatoms. The van der Waals surface area contributed by atoms with E-state index in [1.807, 2.05) is 6.07 Å². The van der Waals surface area contributed by atoms with Crippen molar-refractivity contribution >= 4 is 40.6 Å². The van der Waals surface area contributed by atoms with Gasteiger partial charge in [-0.1, -0.05) is 41.8 Å². The van der Waals surface area contributed by atoms with Crippen molar-refractivity contribution in [3.63, 3.8) is 0 Å². The van der Waals surface area contributed by atoms with Gasteiger partial charge in [0, 0.05) is 17.5 Å². The lowest BCUT2D eigenvalue weighted by Gasteiger charge is -2.17. The average molecular weight is 443 g/mol. The van der Waals surface area contributed by atoms with Crippen molar-refractivity contribution in [2.45, 2.75) is 39.0 Å². The molecule has 154 valence electrons. The number of rotatable bonds is 3. The zero-order chi connectivity index (χ0) is 21.3. The molecule has 0 fully saturated rings. The van der Waals surface area contributed by atoms with Gasteiger partial charge in [-0.3, -0.25) is 4.79 Å². The quantitative estimate of drug-likeness (QED) is 0.402. The highest BCUT2D eigenvalue weighted by Crippen LogP contribution is 2.36. The number of fused-ring (bicyclic) bond motifs is 1. The number of benzene rings is 2. The van der Waals surface area contributed by atoms with Crippen molar-refractivity contribution in [2.75, 3.05) is 0 Å². The van der Waals surface area contributed by atoms with E-state index in [4.69, 9.17) is 23.2 Å². The maximum atomic E-state index is 13.4. The number of ketones is 1. The molecule has 3 nitrogen and oxygen atoms in total. The summed E-state index contributed by atoms with van der Waals surface area (Å²) in [7, 11) is 0. The van der Waals surface area contributed by atoms with Crippen LogP contribution >= 0.6 is 23.2 Å². The monoisotopic (exact) mass is 442 g/mol. The molecule has 0 N–H and O–H groups in total. The van der Waals surface area contributed by atoms with Crippen molar-refractivity contribution in [1.29, 1.82) is 0 Å². The summed E-state index contributed by atoms with van der Waals surface area (Å²) in [4.78, 5) is 12.4. The van der Waals surface area contributed by atoms with Gasteiger partial charge in [0.2, 0.25) is 0 Å². The SMILES string of the molecule is CC(=O)c1nn(-c2ccc(Cl)cc2Cl)c2c1CCCCC/C2=C\c1ccc(F)cc1. The summed E-state index contributed by atoms with van der Waals surface area (Å²) < 4.78 is 15.1. The van der Waals surface area contributed by atoms with Gasteiger partial charge < -0.3 is 0 Å². The minimum absolute atomic E-state index is 0.0724. The zero-order valence-electron chi connectivity index (χ0n) is 16.6. The van der Waals surface area contributed by atoms with E-state index in [0.717, 1.165) is 54.5 Å². The topological polar surface area (TPSA) is 34.9 Å². The smallest absolute Gasteiger partial charge is 0.180 e. The predicted molar refractivity (Wildman–Crippen MR) is 120 cm³/mol. The van der Waals surface area contributed by atoms with E-state index in [1.54, 1.807) is 35.9 Å². The fourth-order valence-electron chi connectivity index (χ4n) is 3.94. The molecule has 0 aliphatic heterocycles. The van der Waals surface area contributed by atoms with E-state index in [1.165, 1.54) is 12.1 Å². The number of carbonyl (C=O) groups is 1. The van der Waals surface area contributed by atoms with Crippen molar-refractivity contribution in [2.24, 2.45) is 0 Å². The summed E-state index contributed by atoms with van der Waals surface area (Å²) in [6.45, 7) is 1.54. The van der Waals surface area contributed by atoms with Crippen molar-refractivity contribution in [1.82, 2.24) is 9.78 Å². The van der Waals surface area contributed by atoms with Crippen LogP contribution in [0.3, 0.4) is 0 Å². The number of Topliss-reactive ketones (excluding diaryl/α,β-unsaturated/α-hetero) is 1. The van der Waals surface area contributed by atoms with Gasteiger partial charge in [-0.05, 0) is 73.2 Å². The highest BCUT2D eigenvalue weighted by molar-refractivity contribution is 6.35. The molecule has 0 saturated heterocycles. The summed E-state index contributed by atoms with van der Waals surface area (Å²) in [5.41, 5.74) is 4.95. The van der Waals surface area contributed by atoms with Crippen LogP contribution in [0.5, 0.6) is 0 Å². The van der Waals surface area contributed by atoms with Crippen LogP contribution in [0.1, 0.15) is 59.9 Å². The normalized spacial score (nSPS) is 15.5. The first-order valence-electron chi connectivity index (χ1n) is 9.99. The van der Waals surface area contributed by atoms with Gasteiger partial charge >= 0.3 is 0 Å². The summed E-state index contributed by atoms with van der Waals surface area (Å²) >= 11 is 12.6. The van der Waals surface area contributed by atoms with Crippen molar-refractivity contribution in [3.8, 4) is 5.69 Å². The van der Waals surface area contributed by atoms with Crippen LogP contribution in [0.4, 0.5) is 4.39 Å². The molecule has 1 aliphatic carbocycles. The molecule has 0 bridgehead atoms. The van der Waals surface area contributed by atoms with E-state index in [-0.39, 0.29) is 11.6 Å². The molecular formula is C24H21Cl2FN2O. The van der Waals surface area contributed by atoms with Crippen LogP contribution in [-0.2, 0) is 6.42 Å². The lowest BCUT2D eigenvalue weighted by molar-refractivity contribution is 0.101. The molecule has 0 unspecified atom stereocenters. The number of hydrogen-bond donors (Lipinski definition) is 0. The van der Waals surface area contributed by atoms with Gasteiger partial charge in [-0.15, -0.1) is 0 Å². The van der Waals surface area contributed by atoms with E-state index >= 15 is 0 Å². The molecule has 0 saturated carbocycles. The highest BCUT2D eigenvalue weighted by Gasteiger charge is 2.26. The third-order valence-corrected chi connectivity index (χ3v) is 5.88. The Bertz CT molecular complexity index is 1130. The summed E-state index contributed by atoms with van der Waals surface area (Å²) in [5, 5.41) is 5.68. The number of hydrogen-bond acceptors (Lipinski definition) is 2. The fraction of sp³-hybridized carbons (Fsp3) is 0.250. The van der Waals surface area contributed by atoms with E-state index in [9.17, 15) is 9.18 Å². The largest absolute Gasteiger partial charge is 0.293 e. The Balaban J connectivity index is 1.97. The Labute approximate surface area is 185 Å². The van der Waals surface area contributed by atoms with Gasteiger partial charge in [-0.25, -0.2) is 9.07 Å². The van der Waals surface area contributed by atoms with Crippen molar-refractivity contribution in [3.05, 3.63) is 80.8 Å². The van der Waals surface area contributed by atoms with E-state index < -0.39 is 0 Å². The number of halogens is 3. The van der Waals surface area contributed by atoms with Crippen LogP contribution in [0.2, 0.25) is 10.0 Å². The second-order valence-corrected chi connectivity index (χ2v) is 8.36. The number of carbonyl (C=O) groups excluding carboxylic acids is 1. The maximum absolute atomic E-state index is 13.4. The summed E-state index contributed by atoms with van der Waals surface area (Å²) in [5.74, 6) is -0.343. The first-order valence-corrected chi connectivity index (χ1v) is 10.7. The fourth-order valence-corrected chi connectivity index (χ4v) is 4.43. The molecule has 0 radical (unpaired) electrons. The Hall–Kier alpha value is -2.43. The molecule has 0 atom stereocenters. The molecular weight excluding hydrogens is 422 g/mol. The standard InChI is InChI=1S/C24H21Cl2FN2O/c1-15(30)23-20-6-4-2-3-5-17(13-16-7-10-19(27)11-8-16)24(20)29(28-23)22-12-9-18(25)14-21(22)26/h7-14H,2-6H2,1H3/b17-13+. The molecule has 0 amide bonds. The minimum Gasteiger partial charge on any atom is -0.293 e. The Morgan fingerprint density at radius 2 is 1.80 bits per heavy atom. The molecule has 1 aliphatic rings. The van der Waals surface area contributed by atoms with Gasteiger partial charge in [0.15, 0.2) is 5.78 Å². The van der Waals surface area contributed by atoms with Gasteiger partial charge in [0.05, 0.1) is 16.4 Å². The van der Waals surface area contributed by atoms with E-state index in [2.05, 4.69) is 11.2 Å². The van der Waals surface area contributed by atoms with Crippen LogP contribution < -0.4 is 0 Å². The van der Waals surface area contributed by atoms with Gasteiger partial charge in [0.1, 0.15) is 11.5 Å². The summed E-state index contributed by atoms with van der Waals surface area (Å²) in [6.07, 6.45) is 6.76. The first kappa shape index (κ1) is 20.8. The highest BCUT2D eigenvalue weighted by atomic mass is 35.5. The Morgan fingerprint density at radius 3 is 2.50 bits per heavy atom. The van der Waals surface area contributed by atoms with Gasteiger partial charge in [-0.2, -0.15) is 5.10 Å². The molecule has 2 aromatic carbocycles. The van der Waals surface area contributed by atoms with Crippen LogP contribution in [-0.4, -0.2) is 15.6 Å². The molecule has 3 aromatic rings. The molecule has 1 heterocycles. The van der Waals surface area contributed by atoms with Crippen LogP contribution in [0, 0.1) is 5.82 Å². The van der Waals surface area contributed by atoms with Crippen LogP contribution in [0.25, 0.3) is 17.3 Å². The second-order valence-electron chi connectivity index (χ2n) is 7.52. The third-order valence-electron chi connectivity index (χ3n) is 5.34. The van der Waals surface area contributed by atoms with E-state index in [0.29, 0.717) is 21.4 Å². The lowest BCUT2D eigenvalue weighted by atomic mass is 9.91. The van der Waals surface area contributed by atoms with Gasteiger partial charge in [0.25, 0.3) is 0 Å². The predicted octanol–water partition coefficient (Wildman–Crippen LogP) is 7.18. The second kappa shape index (κ2) is 8.75. The Kier molecular flexibility index (Phi) is 6.07. The van der Waals surface area contributed by atoms with Crippen LogP contribution in [0.15, 0.2) is 42.5 Å². The molecule has 30 heavy (non-hydrogen) atoms. The molecule has 0 spiro atoms. The number of nitrogens with zero attached hydrogens (tertiary/aromatic N) is 2. The summed E-state index contributed by atoms with van der Waals surface area (Å²) in [6, 6.07) is 11.7. The zero-order valence-corrected chi connectivity index (χ0v) is 18.1. The Morgan fingerprint density at radius 1 is 1.07 bits per heavy atom. The third kappa shape index (κ3) is 4.21. The number of allylic oxidation sites excluding steroid dienone is 1. The number of aromatic nitrogens is 2. The lowest BCUT2D eigenvalue weighted by Crippen LogP contribution is -2.06. The molecule has 4 rings (SSSR count).